The van der Waals surface area contributed by atoms with Crippen molar-refractivity contribution < 1.29 is 42.4 Å². The maximum absolute atomic E-state index is 10.4. The third-order valence-corrected chi connectivity index (χ3v) is 4.46. The van der Waals surface area contributed by atoms with Gasteiger partial charge in [0.25, 0.3) is 10.4 Å². The molecule has 1 aliphatic heterocycles. The maximum atomic E-state index is 10.4. The summed E-state index contributed by atoms with van der Waals surface area (Å²) in [6, 6.07) is 0. The molecule has 0 aromatic heterocycles. The molecule has 0 spiro atoms. The van der Waals surface area contributed by atoms with Crippen LogP contribution in [0.25, 0.3) is 0 Å². The Balaban J connectivity index is 2.88. The van der Waals surface area contributed by atoms with E-state index >= 15 is 0 Å². The largest absolute Gasteiger partial charge is 0.714 e. The van der Waals surface area contributed by atoms with E-state index in [0.29, 0.717) is 11.8 Å². The maximum Gasteiger partial charge on any atom is 0.284 e. The van der Waals surface area contributed by atoms with Gasteiger partial charge in [0.2, 0.25) is 0 Å². The number of thioether (sulfide) groups is 1. The zero-order chi connectivity index (χ0) is 17.1. The average molecular weight is 360 g/mol. The molecule has 0 aromatic carbocycles. The summed E-state index contributed by atoms with van der Waals surface area (Å²) in [5, 5.41) is 41.5. The Hall–Kier alpha value is -0.470. The minimum atomic E-state index is -5.03. The van der Waals surface area contributed by atoms with Crippen molar-refractivity contribution in [2.45, 2.75) is 43.7 Å². The minimum absolute atomic E-state index is 0.0174. The molecule has 1 saturated heterocycles. The van der Waals surface area contributed by atoms with Crippen molar-refractivity contribution in [2.75, 3.05) is 6.61 Å². The smallest absolute Gasteiger partial charge is 0.284 e. The predicted octanol–water partition coefficient (Wildman–Crippen LogP) is -2.03. The second-order valence-electron chi connectivity index (χ2n) is 4.88. The zero-order valence-corrected chi connectivity index (χ0v) is 13.4. The van der Waals surface area contributed by atoms with E-state index in [1.165, 1.54) is 0 Å². The second kappa shape index (κ2) is 7.88. The van der Waals surface area contributed by atoms with Gasteiger partial charge in [0.15, 0.2) is 0 Å². The summed E-state index contributed by atoms with van der Waals surface area (Å²) in [4.78, 5) is 0. The molecule has 1 aliphatic rings. The lowest BCUT2D eigenvalue weighted by Gasteiger charge is -2.39. The van der Waals surface area contributed by atoms with Crippen molar-refractivity contribution in [3.05, 3.63) is 0 Å². The number of ether oxygens (including phenoxy) is 1. The van der Waals surface area contributed by atoms with E-state index in [-0.39, 0.29) is 11.0 Å². The van der Waals surface area contributed by atoms with Crippen molar-refractivity contribution in [2.24, 2.45) is 11.1 Å². The molecule has 0 aliphatic carbocycles. The van der Waals surface area contributed by atoms with Crippen LogP contribution in [0.15, 0.2) is 5.16 Å². The molecular weight excluding hydrogens is 342 g/mol. The summed E-state index contributed by atoms with van der Waals surface area (Å²) < 4.78 is 40.3. The first-order valence-electron chi connectivity index (χ1n) is 6.26. The van der Waals surface area contributed by atoms with Gasteiger partial charge in [-0.3, -0.25) is 4.28 Å². The molecule has 1 heterocycles. The highest BCUT2D eigenvalue weighted by Crippen LogP contribution is 2.31. The summed E-state index contributed by atoms with van der Waals surface area (Å²) in [6.07, 6.45) is -5.69. The van der Waals surface area contributed by atoms with Crippen LogP contribution < -0.4 is 0 Å². The molecule has 0 radical (unpaired) electrons. The molecular formula is C10H18NO9S2-. The van der Waals surface area contributed by atoms with Crippen LogP contribution in [-0.4, -0.2) is 74.9 Å². The van der Waals surface area contributed by atoms with Crippen molar-refractivity contribution in [1.82, 2.24) is 0 Å². The van der Waals surface area contributed by atoms with Gasteiger partial charge in [-0.2, -0.15) is 8.42 Å². The monoisotopic (exact) mass is 360 g/mol. The van der Waals surface area contributed by atoms with Gasteiger partial charge >= 0.3 is 0 Å². The quantitative estimate of drug-likeness (QED) is 0.141. The number of hydrogen-bond acceptors (Lipinski definition) is 11. The normalized spacial score (nSPS) is 34.0. The fraction of sp³-hybridized carbons (Fsp3) is 0.900. The lowest BCUT2D eigenvalue weighted by Crippen LogP contribution is -2.57. The van der Waals surface area contributed by atoms with E-state index in [9.17, 15) is 28.3 Å². The fourth-order valence-electron chi connectivity index (χ4n) is 1.63. The first kappa shape index (κ1) is 19.6. The first-order valence-corrected chi connectivity index (χ1v) is 8.47. The van der Waals surface area contributed by atoms with Gasteiger partial charge in [0, 0.05) is 5.92 Å². The van der Waals surface area contributed by atoms with Gasteiger partial charge < -0.3 is 29.7 Å². The molecule has 1 fully saturated rings. The summed E-state index contributed by atoms with van der Waals surface area (Å²) in [5.41, 5.74) is -1.14. The summed E-state index contributed by atoms with van der Waals surface area (Å²) in [7, 11) is -5.03. The summed E-state index contributed by atoms with van der Waals surface area (Å²) in [5.74, 6) is -0.376. The van der Waals surface area contributed by atoms with E-state index in [2.05, 4.69) is 9.44 Å². The number of hydrogen-bond donors (Lipinski definition) is 4. The third-order valence-electron chi connectivity index (χ3n) is 2.80. The summed E-state index contributed by atoms with van der Waals surface area (Å²) >= 11 is 0.715. The van der Waals surface area contributed by atoms with E-state index < -0.39 is 46.9 Å². The van der Waals surface area contributed by atoms with E-state index in [0.717, 1.165) is 0 Å². The van der Waals surface area contributed by atoms with E-state index in [1.54, 1.807) is 13.8 Å². The van der Waals surface area contributed by atoms with Crippen LogP contribution in [0.4, 0.5) is 0 Å². The number of rotatable bonds is 5. The van der Waals surface area contributed by atoms with Gasteiger partial charge in [0.1, 0.15) is 34.9 Å². The highest BCUT2D eigenvalue weighted by Gasteiger charge is 2.44. The van der Waals surface area contributed by atoms with Gasteiger partial charge in [-0.1, -0.05) is 30.8 Å². The van der Waals surface area contributed by atoms with Crippen LogP contribution in [0.1, 0.15) is 13.8 Å². The fourth-order valence-corrected chi connectivity index (χ4v) is 2.94. The van der Waals surface area contributed by atoms with Crippen LogP contribution in [0.2, 0.25) is 0 Å². The standard InChI is InChI=1S/C10H19NO9S2/c1-4(2)9(11-20-22(16,17)18)21-10-8(15)7(14)6(13)5(3-12)19-10/h4-8,10,12-15H,3H2,1-2H3,(H,16,17,18)/p-1/t5-,6-,7+,8-,10+/m1/s1. The van der Waals surface area contributed by atoms with Crippen LogP contribution >= 0.6 is 11.8 Å². The number of aliphatic hydroxyl groups is 4. The molecule has 10 nitrogen and oxygen atoms in total. The Bertz CT molecular complexity index is 493. The van der Waals surface area contributed by atoms with Gasteiger partial charge in [0.05, 0.1) is 6.61 Å². The SMILES string of the molecule is CC(C)C(=NOS(=O)(=O)[O-])S[C@@H]1O[C@H](CO)[C@@H](O)[C@H](O)[C@H]1O. The second-order valence-corrected chi connectivity index (χ2v) is 6.97. The zero-order valence-electron chi connectivity index (χ0n) is 11.8. The Morgan fingerprint density at radius 1 is 1.32 bits per heavy atom. The molecule has 0 unspecified atom stereocenters. The van der Waals surface area contributed by atoms with Gasteiger partial charge in [-0.25, -0.2) is 0 Å². The molecule has 12 heteroatoms. The molecule has 5 atom stereocenters. The highest BCUT2D eigenvalue weighted by molar-refractivity contribution is 8.14. The number of oxime groups is 1. The Kier molecular flexibility index (Phi) is 7.01. The predicted molar refractivity (Wildman–Crippen MR) is 74.4 cm³/mol. The third kappa shape index (κ3) is 5.31. The summed E-state index contributed by atoms with van der Waals surface area (Å²) in [6.45, 7) is 2.65. The molecule has 4 N–H and O–H groups in total. The van der Waals surface area contributed by atoms with Crippen molar-refractivity contribution >= 4 is 27.2 Å². The van der Waals surface area contributed by atoms with Crippen molar-refractivity contribution in [3.8, 4) is 0 Å². The van der Waals surface area contributed by atoms with Crippen LogP contribution in [0, 0.1) is 5.92 Å². The molecule has 22 heavy (non-hydrogen) atoms. The van der Waals surface area contributed by atoms with Gasteiger partial charge in [-0.15, -0.1) is 0 Å². The average Bonchev–Trinajstić information content (AvgIpc) is 2.41. The first-order chi connectivity index (χ1) is 10.1. The van der Waals surface area contributed by atoms with Crippen LogP contribution in [0.3, 0.4) is 0 Å². The van der Waals surface area contributed by atoms with Crippen LogP contribution in [-0.2, 0) is 19.4 Å². The van der Waals surface area contributed by atoms with Crippen molar-refractivity contribution in [3.63, 3.8) is 0 Å². The lowest BCUT2D eigenvalue weighted by atomic mass is 10.0. The Morgan fingerprint density at radius 3 is 2.36 bits per heavy atom. The molecule has 0 aromatic rings. The van der Waals surface area contributed by atoms with E-state index in [4.69, 9.17) is 9.84 Å². The van der Waals surface area contributed by atoms with E-state index in [1.807, 2.05) is 0 Å². The Labute approximate surface area is 131 Å². The molecule has 1 rings (SSSR count). The number of nitrogens with zero attached hydrogens (tertiary/aromatic N) is 1. The Morgan fingerprint density at radius 2 is 1.91 bits per heavy atom. The van der Waals surface area contributed by atoms with Gasteiger partial charge in [-0.05, 0) is 0 Å². The van der Waals surface area contributed by atoms with Crippen LogP contribution in [0.5, 0.6) is 0 Å². The molecule has 130 valence electrons. The topological polar surface area (TPSA) is 169 Å². The highest BCUT2D eigenvalue weighted by atomic mass is 32.3. The molecule has 0 saturated carbocycles. The minimum Gasteiger partial charge on any atom is -0.714 e. The number of aliphatic hydroxyl groups excluding tert-OH is 4. The molecule has 0 bridgehead atoms. The van der Waals surface area contributed by atoms with Crippen molar-refractivity contribution in [1.29, 1.82) is 0 Å². The lowest BCUT2D eigenvalue weighted by molar-refractivity contribution is -0.205. The molecule has 0 amide bonds.